The van der Waals surface area contributed by atoms with Crippen LogP contribution in [-0.2, 0) is 6.42 Å². The Hall–Kier alpha value is -2.87. The lowest BCUT2D eigenvalue weighted by Crippen LogP contribution is -2.32. The molecule has 4 rings (SSSR count). The number of benzene rings is 1. The molecule has 1 aromatic carbocycles. The summed E-state index contributed by atoms with van der Waals surface area (Å²) in [5.74, 6) is 1.42. The molecular weight excluding hydrogens is 300 g/mol. The first-order chi connectivity index (χ1) is 11.8. The van der Waals surface area contributed by atoms with Gasteiger partial charge in [0, 0.05) is 18.2 Å². The van der Waals surface area contributed by atoms with Gasteiger partial charge in [0.15, 0.2) is 0 Å². The first-order valence-corrected chi connectivity index (χ1v) is 8.28. The SMILES string of the molecule is N#Cc1ccc(NC(=O)NC2[C@H]3c4ccccc4CCC[C@@H]23)nc1. The lowest BCUT2D eigenvalue weighted by atomic mass is 10.0. The maximum absolute atomic E-state index is 12.2. The topological polar surface area (TPSA) is 77.8 Å². The molecule has 1 saturated carbocycles. The van der Waals surface area contributed by atoms with Gasteiger partial charge >= 0.3 is 6.03 Å². The lowest BCUT2D eigenvalue weighted by Gasteiger charge is -2.10. The Morgan fingerprint density at radius 2 is 2.12 bits per heavy atom. The molecule has 3 atom stereocenters. The fourth-order valence-electron chi connectivity index (χ4n) is 3.81. The molecule has 0 aliphatic heterocycles. The largest absolute Gasteiger partial charge is 0.334 e. The van der Waals surface area contributed by atoms with Crippen LogP contribution in [0.15, 0.2) is 42.6 Å². The quantitative estimate of drug-likeness (QED) is 0.892. The summed E-state index contributed by atoms with van der Waals surface area (Å²) in [4.78, 5) is 16.3. The number of amides is 2. The molecule has 0 bridgehead atoms. The summed E-state index contributed by atoms with van der Waals surface area (Å²) in [5.41, 5.74) is 3.28. The highest BCUT2D eigenvalue weighted by Crippen LogP contribution is 2.53. The van der Waals surface area contributed by atoms with Gasteiger partial charge in [-0.3, -0.25) is 5.32 Å². The molecule has 1 aromatic heterocycles. The van der Waals surface area contributed by atoms with E-state index in [-0.39, 0.29) is 12.1 Å². The van der Waals surface area contributed by atoms with Gasteiger partial charge in [0.05, 0.1) is 5.56 Å². The molecule has 0 radical (unpaired) electrons. The van der Waals surface area contributed by atoms with Crippen LogP contribution in [0.25, 0.3) is 0 Å². The van der Waals surface area contributed by atoms with Gasteiger partial charge in [-0.15, -0.1) is 0 Å². The van der Waals surface area contributed by atoms with Crippen molar-refractivity contribution in [2.24, 2.45) is 5.92 Å². The number of nitrogens with one attached hydrogen (secondary N) is 2. The molecule has 1 heterocycles. The number of pyridine rings is 1. The van der Waals surface area contributed by atoms with E-state index in [4.69, 9.17) is 5.26 Å². The minimum Gasteiger partial charge on any atom is -0.334 e. The lowest BCUT2D eigenvalue weighted by molar-refractivity contribution is 0.251. The number of aryl methyl sites for hydroxylation is 1. The summed E-state index contributed by atoms with van der Waals surface area (Å²) in [6, 6.07) is 13.8. The second kappa shape index (κ2) is 5.97. The highest BCUT2D eigenvalue weighted by Gasteiger charge is 2.52. The van der Waals surface area contributed by atoms with Gasteiger partial charge in [-0.2, -0.15) is 5.26 Å². The monoisotopic (exact) mass is 318 g/mol. The number of hydrogen-bond donors (Lipinski definition) is 2. The van der Waals surface area contributed by atoms with Crippen molar-refractivity contribution in [1.29, 1.82) is 5.26 Å². The van der Waals surface area contributed by atoms with Crippen molar-refractivity contribution in [2.75, 3.05) is 5.32 Å². The molecule has 0 spiro atoms. The van der Waals surface area contributed by atoms with Crippen molar-refractivity contribution < 1.29 is 4.79 Å². The van der Waals surface area contributed by atoms with Gasteiger partial charge in [-0.25, -0.2) is 9.78 Å². The maximum atomic E-state index is 12.2. The van der Waals surface area contributed by atoms with Crippen LogP contribution in [0.1, 0.15) is 35.4 Å². The summed E-state index contributed by atoms with van der Waals surface area (Å²) in [5, 5.41) is 14.6. The molecule has 5 nitrogen and oxygen atoms in total. The molecule has 1 unspecified atom stereocenters. The highest BCUT2D eigenvalue weighted by atomic mass is 16.2. The van der Waals surface area contributed by atoms with E-state index in [0.717, 1.165) is 12.8 Å². The summed E-state index contributed by atoms with van der Waals surface area (Å²) >= 11 is 0. The van der Waals surface area contributed by atoms with E-state index in [1.165, 1.54) is 23.7 Å². The van der Waals surface area contributed by atoms with Crippen molar-refractivity contribution in [1.82, 2.24) is 10.3 Å². The average molecular weight is 318 g/mol. The second-order valence-corrected chi connectivity index (χ2v) is 6.45. The van der Waals surface area contributed by atoms with Gasteiger partial charge in [-0.1, -0.05) is 24.3 Å². The Morgan fingerprint density at radius 3 is 2.92 bits per heavy atom. The van der Waals surface area contributed by atoms with Gasteiger partial charge < -0.3 is 5.32 Å². The van der Waals surface area contributed by atoms with Crippen LogP contribution in [0.4, 0.5) is 10.6 Å². The first kappa shape index (κ1) is 14.7. The summed E-state index contributed by atoms with van der Waals surface area (Å²) in [6.45, 7) is 0. The third-order valence-electron chi connectivity index (χ3n) is 5.00. The predicted octanol–water partition coefficient (Wildman–Crippen LogP) is 3.19. The number of hydrogen-bond acceptors (Lipinski definition) is 3. The van der Waals surface area contributed by atoms with E-state index in [1.54, 1.807) is 12.1 Å². The maximum Gasteiger partial charge on any atom is 0.320 e. The Morgan fingerprint density at radius 1 is 1.25 bits per heavy atom. The average Bonchev–Trinajstić information content (AvgIpc) is 3.31. The first-order valence-electron chi connectivity index (χ1n) is 8.28. The van der Waals surface area contributed by atoms with Crippen LogP contribution < -0.4 is 10.6 Å². The normalized spacial score (nSPS) is 23.9. The van der Waals surface area contributed by atoms with Gasteiger partial charge in [0.25, 0.3) is 0 Å². The van der Waals surface area contributed by atoms with Crippen molar-refractivity contribution in [3.8, 4) is 6.07 Å². The minimum atomic E-state index is -0.234. The van der Waals surface area contributed by atoms with Crippen LogP contribution in [0, 0.1) is 17.2 Å². The molecule has 2 aliphatic carbocycles. The predicted molar refractivity (Wildman–Crippen MR) is 90.5 cm³/mol. The number of fused-ring (bicyclic) bond motifs is 3. The third-order valence-corrected chi connectivity index (χ3v) is 5.00. The number of anilines is 1. The third kappa shape index (κ3) is 2.71. The van der Waals surface area contributed by atoms with Crippen molar-refractivity contribution in [3.05, 3.63) is 59.3 Å². The molecule has 0 saturated heterocycles. The van der Waals surface area contributed by atoms with Crippen molar-refractivity contribution in [2.45, 2.75) is 31.2 Å². The van der Waals surface area contributed by atoms with Crippen LogP contribution in [0.5, 0.6) is 0 Å². The smallest absolute Gasteiger partial charge is 0.320 e. The molecule has 120 valence electrons. The van der Waals surface area contributed by atoms with E-state index in [2.05, 4.69) is 39.9 Å². The molecule has 2 aromatic rings. The van der Waals surface area contributed by atoms with Gasteiger partial charge in [-0.05, 0) is 48.4 Å². The van der Waals surface area contributed by atoms with E-state index in [9.17, 15) is 4.79 Å². The number of carbonyl (C=O) groups excluding carboxylic acids is 1. The van der Waals surface area contributed by atoms with E-state index in [1.807, 2.05) is 6.07 Å². The van der Waals surface area contributed by atoms with Gasteiger partial charge in [0.1, 0.15) is 11.9 Å². The van der Waals surface area contributed by atoms with E-state index in [0.29, 0.717) is 23.2 Å². The zero-order valence-electron chi connectivity index (χ0n) is 13.2. The molecule has 2 amide bonds. The van der Waals surface area contributed by atoms with Crippen LogP contribution in [0.3, 0.4) is 0 Å². The number of aromatic nitrogens is 1. The van der Waals surface area contributed by atoms with Crippen molar-refractivity contribution in [3.63, 3.8) is 0 Å². The molecule has 5 heteroatoms. The molecule has 2 N–H and O–H groups in total. The molecule has 1 fully saturated rings. The number of urea groups is 1. The van der Waals surface area contributed by atoms with Gasteiger partial charge in [0.2, 0.25) is 0 Å². The Bertz CT molecular complexity index is 809. The Kier molecular flexibility index (Phi) is 3.66. The second-order valence-electron chi connectivity index (χ2n) is 6.45. The Balaban J connectivity index is 1.42. The summed E-state index contributed by atoms with van der Waals surface area (Å²) in [7, 11) is 0. The molecular formula is C19H18N4O. The van der Waals surface area contributed by atoms with E-state index < -0.39 is 0 Å². The number of carbonyl (C=O) groups is 1. The van der Waals surface area contributed by atoms with Crippen LogP contribution in [0.2, 0.25) is 0 Å². The van der Waals surface area contributed by atoms with Crippen LogP contribution in [-0.4, -0.2) is 17.1 Å². The summed E-state index contributed by atoms with van der Waals surface area (Å²) in [6.07, 6.45) is 4.92. The van der Waals surface area contributed by atoms with Crippen molar-refractivity contribution >= 4 is 11.8 Å². The summed E-state index contributed by atoms with van der Waals surface area (Å²) < 4.78 is 0. The van der Waals surface area contributed by atoms with E-state index >= 15 is 0 Å². The zero-order chi connectivity index (χ0) is 16.5. The number of rotatable bonds is 2. The minimum absolute atomic E-state index is 0.199. The fraction of sp³-hybridized carbons (Fsp3) is 0.316. The van der Waals surface area contributed by atoms with Crippen LogP contribution >= 0.6 is 0 Å². The standard InChI is InChI=1S/C19H18N4O/c20-10-12-8-9-16(21-11-12)22-19(24)23-18-15-7-3-5-13-4-1-2-6-14(13)17(15)18/h1-2,4,6,8-9,11,15,17-18H,3,5,7H2,(H2,21,22,23,24)/t15-,17+,18?/m1/s1. The fourth-order valence-corrected chi connectivity index (χ4v) is 3.81. The number of nitriles is 1. The zero-order valence-corrected chi connectivity index (χ0v) is 13.2. The Labute approximate surface area is 140 Å². The highest BCUT2D eigenvalue weighted by molar-refractivity contribution is 5.88. The molecule has 24 heavy (non-hydrogen) atoms. The number of nitrogens with zero attached hydrogens (tertiary/aromatic N) is 2. The molecule has 2 aliphatic rings.